The second-order valence-corrected chi connectivity index (χ2v) is 7.97. The van der Waals surface area contributed by atoms with Crippen LogP contribution in [0.1, 0.15) is 39.6 Å². The third kappa shape index (κ3) is 3.51. The number of nitrogens with zero attached hydrogens (tertiary/aromatic N) is 5. The van der Waals surface area contributed by atoms with E-state index < -0.39 is 41.3 Å². The molecule has 5 heterocycles. The summed E-state index contributed by atoms with van der Waals surface area (Å²) in [4.78, 5) is 33.7. The maximum atomic E-state index is 14.3. The number of oxazole rings is 2. The molecule has 1 aromatic carbocycles. The summed E-state index contributed by atoms with van der Waals surface area (Å²) in [6.07, 6.45) is -1.95. The van der Waals surface area contributed by atoms with Crippen molar-refractivity contribution >= 4 is 17.0 Å². The highest BCUT2D eigenvalue weighted by Crippen LogP contribution is 2.39. The fourth-order valence-corrected chi connectivity index (χ4v) is 4.18. The second-order valence-electron chi connectivity index (χ2n) is 7.97. The molecule has 0 spiro atoms. The normalized spacial score (nSPS) is 15.9. The van der Waals surface area contributed by atoms with Crippen LogP contribution in [0.15, 0.2) is 57.8 Å². The summed E-state index contributed by atoms with van der Waals surface area (Å²) in [7, 11) is 0. The van der Waals surface area contributed by atoms with Crippen LogP contribution in [0, 0.1) is 5.82 Å². The van der Waals surface area contributed by atoms with Crippen molar-refractivity contribution < 1.29 is 31.2 Å². The molecule has 0 saturated heterocycles. The summed E-state index contributed by atoms with van der Waals surface area (Å²) >= 11 is 0. The molecular formula is C23H14F4N6O3. The van der Waals surface area contributed by atoms with Crippen LogP contribution in [0.4, 0.5) is 17.6 Å². The predicted molar refractivity (Wildman–Crippen MR) is 114 cm³/mol. The molecule has 0 saturated carbocycles. The quantitative estimate of drug-likeness (QED) is 0.363. The molecule has 1 N–H and O–H groups in total. The number of nitrogens with one attached hydrogen (secondary N) is 1. The zero-order valence-electron chi connectivity index (χ0n) is 18.1. The molecule has 0 bridgehead atoms. The van der Waals surface area contributed by atoms with Crippen molar-refractivity contribution in [3.8, 4) is 11.6 Å². The van der Waals surface area contributed by atoms with E-state index in [-0.39, 0.29) is 35.6 Å². The lowest BCUT2D eigenvalue weighted by atomic mass is 10.0. The van der Waals surface area contributed by atoms with Crippen LogP contribution in [0.2, 0.25) is 0 Å². The van der Waals surface area contributed by atoms with Crippen molar-refractivity contribution in [2.75, 3.05) is 6.54 Å². The predicted octanol–water partition coefficient (Wildman–Crippen LogP) is 4.55. The Hall–Kier alpha value is -4.55. The van der Waals surface area contributed by atoms with E-state index in [1.807, 2.05) is 0 Å². The van der Waals surface area contributed by atoms with Gasteiger partial charge in [0.25, 0.3) is 5.91 Å². The zero-order chi connectivity index (χ0) is 25.0. The summed E-state index contributed by atoms with van der Waals surface area (Å²) < 4.78 is 67.0. The molecule has 4 aromatic heterocycles. The maximum Gasteiger partial charge on any atom is 0.437 e. The van der Waals surface area contributed by atoms with Crippen LogP contribution < -0.4 is 0 Å². The van der Waals surface area contributed by atoms with Crippen molar-refractivity contribution in [1.29, 1.82) is 0 Å². The van der Waals surface area contributed by atoms with Gasteiger partial charge in [-0.1, -0.05) is 12.1 Å². The SMILES string of the molecule is O=C(c1oc(-c2ccccn2)nc1C(F)(F)F)N1CCc2[nH]cnc2[C@H]1c1nc2cccc(F)c2o1. The average molecular weight is 498 g/mol. The molecule has 9 nitrogen and oxygen atoms in total. The molecule has 0 radical (unpaired) electrons. The number of amides is 1. The Morgan fingerprint density at radius 2 is 1.94 bits per heavy atom. The molecule has 0 fully saturated rings. The van der Waals surface area contributed by atoms with Gasteiger partial charge in [-0.15, -0.1) is 0 Å². The number of halogens is 4. The summed E-state index contributed by atoms with van der Waals surface area (Å²) in [6, 6.07) is 7.54. The third-order valence-corrected chi connectivity index (χ3v) is 5.78. The molecule has 1 aliphatic rings. The largest absolute Gasteiger partial charge is 0.437 e. The van der Waals surface area contributed by atoms with Gasteiger partial charge in [-0.2, -0.15) is 13.2 Å². The second kappa shape index (κ2) is 8.00. The number of pyridine rings is 1. The summed E-state index contributed by atoms with van der Waals surface area (Å²) in [6.45, 7) is -0.0170. The van der Waals surface area contributed by atoms with Crippen LogP contribution in [-0.2, 0) is 12.6 Å². The Kier molecular flexibility index (Phi) is 4.88. The lowest BCUT2D eigenvalue weighted by molar-refractivity contribution is -0.141. The van der Waals surface area contributed by atoms with E-state index in [1.165, 1.54) is 36.8 Å². The highest BCUT2D eigenvalue weighted by Gasteiger charge is 2.46. The van der Waals surface area contributed by atoms with E-state index in [1.54, 1.807) is 12.1 Å². The summed E-state index contributed by atoms with van der Waals surface area (Å²) in [5, 5.41) is 0. The molecule has 1 amide bonds. The van der Waals surface area contributed by atoms with Crippen molar-refractivity contribution in [2.45, 2.75) is 18.6 Å². The first-order valence-corrected chi connectivity index (χ1v) is 10.7. The van der Waals surface area contributed by atoms with Crippen LogP contribution >= 0.6 is 0 Å². The van der Waals surface area contributed by atoms with E-state index in [2.05, 4.69) is 24.9 Å². The molecule has 1 aliphatic heterocycles. The van der Waals surface area contributed by atoms with Crippen molar-refractivity contribution in [3.63, 3.8) is 0 Å². The number of aromatic amines is 1. The zero-order valence-corrected chi connectivity index (χ0v) is 18.1. The van der Waals surface area contributed by atoms with E-state index in [0.717, 1.165) is 4.90 Å². The van der Waals surface area contributed by atoms with Gasteiger partial charge in [-0.05, 0) is 24.3 Å². The first-order chi connectivity index (χ1) is 17.3. The van der Waals surface area contributed by atoms with Crippen LogP contribution in [-0.4, -0.2) is 42.3 Å². The molecule has 5 aromatic rings. The summed E-state index contributed by atoms with van der Waals surface area (Å²) in [5.41, 5.74) is -0.442. The van der Waals surface area contributed by atoms with Gasteiger partial charge in [0.05, 0.1) is 12.0 Å². The first-order valence-electron chi connectivity index (χ1n) is 10.7. The number of imidazole rings is 1. The Balaban J connectivity index is 1.48. The van der Waals surface area contributed by atoms with Gasteiger partial charge in [-0.3, -0.25) is 9.78 Å². The minimum absolute atomic E-state index is 0.0170. The molecular weight excluding hydrogens is 484 g/mol. The standard InChI is InChI=1S/C23H14F4N6O3/c24-11-4-3-6-13-17(11)35-21(31-13)16-15-12(29-10-30-15)7-9-33(16)22(34)18-19(23(25,26)27)32-20(36-18)14-5-1-2-8-28-14/h1-6,8,10,16H,7,9H2,(H,29,30)/t16-/m0/s1. The Bertz CT molecular complexity index is 1590. The van der Waals surface area contributed by atoms with Crippen molar-refractivity contribution in [2.24, 2.45) is 0 Å². The Morgan fingerprint density at radius 1 is 1.08 bits per heavy atom. The van der Waals surface area contributed by atoms with Gasteiger partial charge < -0.3 is 18.7 Å². The number of carbonyl (C=O) groups is 1. The minimum atomic E-state index is -4.98. The van der Waals surface area contributed by atoms with Gasteiger partial charge >= 0.3 is 6.18 Å². The summed E-state index contributed by atoms with van der Waals surface area (Å²) in [5.74, 6) is -3.33. The number of benzene rings is 1. The van der Waals surface area contributed by atoms with E-state index >= 15 is 0 Å². The first kappa shape index (κ1) is 21.9. The van der Waals surface area contributed by atoms with Crippen LogP contribution in [0.5, 0.6) is 0 Å². The molecule has 0 aliphatic carbocycles. The van der Waals surface area contributed by atoms with Gasteiger partial charge in [0.1, 0.15) is 11.2 Å². The van der Waals surface area contributed by atoms with E-state index in [0.29, 0.717) is 11.4 Å². The Labute approximate surface area is 198 Å². The van der Waals surface area contributed by atoms with Crippen LogP contribution in [0.3, 0.4) is 0 Å². The number of hydrogen-bond acceptors (Lipinski definition) is 7. The lowest BCUT2D eigenvalue weighted by Crippen LogP contribution is -2.41. The highest BCUT2D eigenvalue weighted by molar-refractivity contribution is 5.94. The fraction of sp³-hybridized carbons (Fsp3) is 0.174. The average Bonchev–Trinajstić information content (AvgIpc) is 3.61. The van der Waals surface area contributed by atoms with Gasteiger partial charge in [0, 0.05) is 24.9 Å². The van der Waals surface area contributed by atoms with Gasteiger partial charge in [-0.25, -0.2) is 19.3 Å². The van der Waals surface area contributed by atoms with Crippen molar-refractivity contribution in [1.82, 2.24) is 29.8 Å². The van der Waals surface area contributed by atoms with Crippen LogP contribution in [0.25, 0.3) is 22.7 Å². The monoisotopic (exact) mass is 498 g/mol. The number of rotatable bonds is 3. The molecule has 0 unspecified atom stereocenters. The molecule has 36 heavy (non-hydrogen) atoms. The number of fused-ring (bicyclic) bond motifs is 2. The Morgan fingerprint density at radius 3 is 2.69 bits per heavy atom. The third-order valence-electron chi connectivity index (χ3n) is 5.78. The molecule has 6 rings (SSSR count). The number of aromatic nitrogens is 5. The fourth-order valence-electron chi connectivity index (χ4n) is 4.18. The van der Waals surface area contributed by atoms with Gasteiger partial charge in [0.15, 0.2) is 23.1 Å². The number of hydrogen-bond donors (Lipinski definition) is 1. The molecule has 1 atom stereocenters. The number of carbonyl (C=O) groups excluding carboxylic acids is 1. The number of para-hydroxylation sites is 1. The van der Waals surface area contributed by atoms with Crippen molar-refractivity contribution in [3.05, 3.63) is 83.5 Å². The number of H-pyrrole nitrogens is 1. The number of alkyl halides is 3. The topological polar surface area (TPSA) is 114 Å². The maximum absolute atomic E-state index is 14.3. The van der Waals surface area contributed by atoms with Gasteiger partial charge in [0.2, 0.25) is 17.5 Å². The minimum Gasteiger partial charge on any atom is -0.435 e. The molecule has 13 heteroatoms. The van der Waals surface area contributed by atoms with E-state index in [4.69, 9.17) is 8.83 Å². The lowest BCUT2D eigenvalue weighted by Gasteiger charge is -2.32. The highest BCUT2D eigenvalue weighted by atomic mass is 19.4. The smallest absolute Gasteiger partial charge is 0.435 e. The van der Waals surface area contributed by atoms with E-state index in [9.17, 15) is 22.4 Å². The molecule has 182 valence electrons.